The van der Waals surface area contributed by atoms with Gasteiger partial charge in [-0.1, -0.05) is 12.1 Å². The van der Waals surface area contributed by atoms with Crippen LogP contribution in [0.1, 0.15) is 11.1 Å². The SMILES string of the molecule is Cc1ccsc1-c1cccc(C(F)(F)F)c1. The largest absolute Gasteiger partial charge is 0.416 e. The molecule has 0 atom stereocenters. The van der Waals surface area contributed by atoms with E-state index in [0.29, 0.717) is 5.56 Å². The Morgan fingerprint density at radius 3 is 2.44 bits per heavy atom. The zero-order valence-electron chi connectivity index (χ0n) is 8.51. The molecular formula is C12H9F3S. The average molecular weight is 242 g/mol. The minimum Gasteiger partial charge on any atom is -0.166 e. The van der Waals surface area contributed by atoms with Gasteiger partial charge in [-0.25, -0.2) is 0 Å². The maximum Gasteiger partial charge on any atom is 0.416 e. The Hall–Kier alpha value is -1.29. The van der Waals surface area contributed by atoms with E-state index < -0.39 is 11.7 Å². The van der Waals surface area contributed by atoms with E-state index in [9.17, 15) is 13.2 Å². The van der Waals surface area contributed by atoms with Gasteiger partial charge in [0, 0.05) is 4.88 Å². The van der Waals surface area contributed by atoms with Crippen molar-refractivity contribution in [3.05, 3.63) is 46.8 Å². The molecule has 0 fully saturated rings. The maximum atomic E-state index is 12.5. The lowest BCUT2D eigenvalue weighted by Gasteiger charge is -2.08. The molecule has 0 nitrogen and oxygen atoms in total. The minimum atomic E-state index is -4.28. The van der Waals surface area contributed by atoms with E-state index in [1.807, 2.05) is 18.4 Å². The van der Waals surface area contributed by atoms with Crippen molar-refractivity contribution in [1.29, 1.82) is 0 Å². The summed E-state index contributed by atoms with van der Waals surface area (Å²) in [5, 5.41) is 1.88. The van der Waals surface area contributed by atoms with Gasteiger partial charge in [-0.3, -0.25) is 0 Å². The second-order valence-corrected chi connectivity index (χ2v) is 4.43. The first kappa shape index (κ1) is 11.2. The van der Waals surface area contributed by atoms with Crippen molar-refractivity contribution in [1.82, 2.24) is 0 Å². The standard InChI is InChI=1S/C12H9F3S/c1-8-5-6-16-11(8)9-3-2-4-10(7-9)12(13,14)15/h2-7H,1H3. The van der Waals surface area contributed by atoms with Gasteiger partial charge < -0.3 is 0 Å². The van der Waals surface area contributed by atoms with Gasteiger partial charge in [0.1, 0.15) is 0 Å². The monoisotopic (exact) mass is 242 g/mol. The van der Waals surface area contributed by atoms with Gasteiger partial charge >= 0.3 is 6.18 Å². The fourth-order valence-electron chi connectivity index (χ4n) is 1.51. The summed E-state index contributed by atoms with van der Waals surface area (Å²) in [7, 11) is 0. The summed E-state index contributed by atoms with van der Waals surface area (Å²) >= 11 is 1.45. The van der Waals surface area contributed by atoms with Gasteiger partial charge in [-0.2, -0.15) is 13.2 Å². The Morgan fingerprint density at radius 2 is 1.88 bits per heavy atom. The third kappa shape index (κ3) is 2.11. The lowest BCUT2D eigenvalue weighted by Crippen LogP contribution is -2.04. The topological polar surface area (TPSA) is 0 Å². The number of hydrogen-bond donors (Lipinski definition) is 0. The number of benzene rings is 1. The van der Waals surface area contributed by atoms with Crippen LogP contribution in [0.2, 0.25) is 0 Å². The molecule has 0 aliphatic rings. The molecule has 0 aliphatic heterocycles. The Balaban J connectivity index is 2.49. The van der Waals surface area contributed by atoms with Gasteiger partial charge in [0.2, 0.25) is 0 Å². The van der Waals surface area contributed by atoms with Crippen LogP contribution in [0.25, 0.3) is 10.4 Å². The van der Waals surface area contributed by atoms with Crippen LogP contribution < -0.4 is 0 Å². The van der Waals surface area contributed by atoms with Gasteiger partial charge in [0.25, 0.3) is 0 Å². The molecule has 0 saturated heterocycles. The van der Waals surface area contributed by atoms with Crippen LogP contribution in [0.5, 0.6) is 0 Å². The van der Waals surface area contributed by atoms with E-state index in [1.54, 1.807) is 6.07 Å². The summed E-state index contributed by atoms with van der Waals surface area (Å²) in [6, 6.07) is 7.33. The van der Waals surface area contributed by atoms with Gasteiger partial charge in [-0.15, -0.1) is 11.3 Å². The van der Waals surface area contributed by atoms with E-state index in [2.05, 4.69) is 0 Å². The summed E-state index contributed by atoms with van der Waals surface area (Å²) in [5.41, 5.74) is 1.03. The van der Waals surface area contributed by atoms with E-state index in [1.165, 1.54) is 23.5 Å². The molecule has 0 bridgehead atoms. The molecule has 0 amide bonds. The summed E-state index contributed by atoms with van der Waals surface area (Å²) in [6.07, 6.45) is -4.28. The number of rotatable bonds is 1. The average Bonchev–Trinajstić information content (AvgIpc) is 2.63. The van der Waals surface area contributed by atoms with Crippen molar-refractivity contribution in [3.63, 3.8) is 0 Å². The first-order chi connectivity index (χ1) is 7.48. The highest BCUT2D eigenvalue weighted by Gasteiger charge is 2.30. The minimum absolute atomic E-state index is 0.599. The van der Waals surface area contributed by atoms with Crippen LogP contribution in [0.4, 0.5) is 13.2 Å². The van der Waals surface area contributed by atoms with Crippen LogP contribution in [-0.2, 0) is 6.18 Å². The van der Waals surface area contributed by atoms with Crippen LogP contribution in [0.3, 0.4) is 0 Å². The molecule has 0 aliphatic carbocycles. The molecule has 0 unspecified atom stereocenters. The predicted molar refractivity (Wildman–Crippen MR) is 59.5 cm³/mol. The second kappa shape index (κ2) is 3.94. The van der Waals surface area contributed by atoms with Crippen molar-refractivity contribution in [3.8, 4) is 10.4 Å². The third-order valence-corrected chi connectivity index (χ3v) is 3.38. The lowest BCUT2D eigenvalue weighted by molar-refractivity contribution is -0.137. The first-order valence-electron chi connectivity index (χ1n) is 4.70. The second-order valence-electron chi connectivity index (χ2n) is 3.51. The highest BCUT2D eigenvalue weighted by Crippen LogP contribution is 2.34. The Kier molecular flexibility index (Phi) is 2.76. The number of hydrogen-bond acceptors (Lipinski definition) is 1. The van der Waals surface area contributed by atoms with E-state index in [4.69, 9.17) is 0 Å². The maximum absolute atomic E-state index is 12.5. The van der Waals surface area contributed by atoms with Gasteiger partial charge in [0.15, 0.2) is 0 Å². The molecule has 16 heavy (non-hydrogen) atoms. The zero-order chi connectivity index (χ0) is 11.8. The Bertz CT molecular complexity index is 497. The van der Waals surface area contributed by atoms with E-state index in [-0.39, 0.29) is 0 Å². The van der Waals surface area contributed by atoms with Gasteiger partial charge in [0.05, 0.1) is 5.56 Å². The van der Waals surface area contributed by atoms with Crippen LogP contribution >= 0.6 is 11.3 Å². The molecule has 0 saturated carbocycles. The summed E-state index contributed by atoms with van der Waals surface area (Å²) in [6.45, 7) is 1.89. The van der Waals surface area contributed by atoms with Crippen molar-refractivity contribution in [2.75, 3.05) is 0 Å². The molecule has 2 rings (SSSR count). The molecule has 1 aromatic heterocycles. The van der Waals surface area contributed by atoms with Crippen LogP contribution in [0, 0.1) is 6.92 Å². The third-order valence-electron chi connectivity index (χ3n) is 2.31. The van der Waals surface area contributed by atoms with E-state index in [0.717, 1.165) is 16.5 Å². The van der Waals surface area contributed by atoms with Gasteiger partial charge in [-0.05, 0) is 41.6 Å². The van der Waals surface area contributed by atoms with Crippen LogP contribution in [-0.4, -0.2) is 0 Å². The smallest absolute Gasteiger partial charge is 0.166 e. The highest BCUT2D eigenvalue weighted by atomic mass is 32.1. The highest BCUT2D eigenvalue weighted by molar-refractivity contribution is 7.13. The normalized spacial score (nSPS) is 11.8. The molecular weight excluding hydrogens is 233 g/mol. The Labute approximate surface area is 95.4 Å². The van der Waals surface area contributed by atoms with Crippen LogP contribution in [0.15, 0.2) is 35.7 Å². The molecule has 2 aromatic rings. The Morgan fingerprint density at radius 1 is 1.12 bits per heavy atom. The molecule has 1 heterocycles. The fourth-order valence-corrected chi connectivity index (χ4v) is 2.43. The molecule has 1 aromatic carbocycles. The fraction of sp³-hybridized carbons (Fsp3) is 0.167. The number of halogens is 3. The van der Waals surface area contributed by atoms with Crippen molar-refractivity contribution >= 4 is 11.3 Å². The van der Waals surface area contributed by atoms with Crippen molar-refractivity contribution < 1.29 is 13.2 Å². The molecule has 0 radical (unpaired) electrons. The zero-order valence-corrected chi connectivity index (χ0v) is 9.32. The molecule has 0 N–H and O–H groups in total. The lowest BCUT2D eigenvalue weighted by atomic mass is 10.1. The predicted octanol–water partition coefficient (Wildman–Crippen LogP) is 4.74. The van der Waals surface area contributed by atoms with Crippen molar-refractivity contribution in [2.45, 2.75) is 13.1 Å². The van der Waals surface area contributed by atoms with E-state index >= 15 is 0 Å². The molecule has 0 spiro atoms. The summed E-state index contributed by atoms with van der Waals surface area (Å²) < 4.78 is 37.5. The summed E-state index contributed by atoms with van der Waals surface area (Å²) in [5.74, 6) is 0. The quantitative estimate of drug-likeness (QED) is 0.677. The van der Waals surface area contributed by atoms with Crippen molar-refractivity contribution in [2.24, 2.45) is 0 Å². The molecule has 84 valence electrons. The number of aryl methyl sites for hydroxylation is 1. The summed E-state index contributed by atoms with van der Waals surface area (Å²) in [4.78, 5) is 0.895. The number of alkyl halides is 3. The first-order valence-corrected chi connectivity index (χ1v) is 5.58. The number of thiophene rings is 1. The molecule has 4 heteroatoms.